The zero-order valence-electron chi connectivity index (χ0n) is 8.12. The van der Waals surface area contributed by atoms with Gasteiger partial charge in [0.05, 0.1) is 6.61 Å². The van der Waals surface area contributed by atoms with Crippen molar-refractivity contribution in [3.8, 4) is 0 Å². The maximum Gasteiger partial charge on any atom is 0.0630 e. The van der Waals surface area contributed by atoms with E-state index >= 15 is 0 Å². The molecule has 1 rings (SSSR count). The van der Waals surface area contributed by atoms with Crippen LogP contribution < -0.4 is 5.73 Å². The van der Waals surface area contributed by atoms with Gasteiger partial charge in [0, 0.05) is 25.7 Å². The van der Waals surface area contributed by atoms with Crippen LogP contribution >= 0.6 is 0 Å². The van der Waals surface area contributed by atoms with Gasteiger partial charge in [-0.2, -0.15) is 0 Å². The molecule has 0 spiro atoms. The molecular formula is C9H20N2O. The molecule has 0 saturated heterocycles. The van der Waals surface area contributed by atoms with Crippen LogP contribution in [-0.2, 0) is 4.74 Å². The van der Waals surface area contributed by atoms with Gasteiger partial charge in [-0.3, -0.25) is 4.90 Å². The summed E-state index contributed by atoms with van der Waals surface area (Å²) in [5.41, 5.74) is 5.65. The highest BCUT2D eigenvalue weighted by atomic mass is 16.5. The molecule has 3 heteroatoms. The summed E-state index contributed by atoms with van der Waals surface area (Å²) in [5, 5.41) is 0. The zero-order valence-corrected chi connectivity index (χ0v) is 8.12. The van der Waals surface area contributed by atoms with E-state index in [1.807, 2.05) is 0 Å². The summed E-state index contributed by atoms with van der Waals surface area (Å²) >= 11 is 0. The summed E-state index contributed by atoms with van der Waals surface area (Å²) in [6, 6.07) is 1.16. The lowest BCUT2D eigenvalue weighted by Gasteiger charge is -2.39. The average Bonchev–Trinajstić information content (AvgIpc) is 1.96. The van der Waals surface area contributed by atoms with Crippen molar-refractivity contribution in [3.63, 3.8) is 0 Å². The largest absolute Gasteiger partial charge is 0.383 e. The van der Waals surface area contributed by atoms with Gasteiger partial charge in [0.15, 0.2) is 0 Å². The van der Waals surface area contributed by atoms with Gasteiger partial charge in [0.2, 0.25) is 0 Å². The van der Waals surface area contributed by atoms with Crippen molar-refractivity contribution >= 4 is 0 Å². The van der Waals surface area contributed by atoms with Gasteiger partial charge in [0.1, 0.15) is 0 Å². The lowest BCUT2D eigenvalue weighted by molar-refractivity contribution is 0.0564. The van der Waals surface area contributed by atoms with Crippen LogP contribution in [0.25, 0.3) is 0 Å². The van der Waals surface area contributed by atoms with Gasteiger partial charge in [-0.15, -0.1) is 0 Å². The van der Waals surface area contributed by atoms with E-state index in [0.717, 1.165) is 12.6 Å². The molecule has 0 heterocycles. The Morgan fingerprint density at radius 3 is 2.58 bits per heavy atom. The molecule has 3 nitrogen and oxygen atoms in total. The SMILES string of the molecule is COCC(CN)N(C)C1CCC1. The molecule has 2 N–H and O–H groups in total. The van der Waals surface area contributed by atoms with Crippen molar-refractivity contribution < 1.29 is 4.74 Å². The van der Waals surface area contributed by atoms with Crippen LogP contribution in [0.5, 0.6) is 0 Å². The molecule has 0 aliphatic heterocycles. The predicted molar refractivity (Wildman–Crippen MR) is 50.1 cm³/mol. The Kier molecular flexibility index (Phi) is 3.98. The van der Waals surface area contributed by atoms with Crippen molar-refractivity contribution in [2.45, 2.75) is 31.3 Å². The maximum absolute atomic E-state index is 5.65. The number of methoxy groups -OCH3 is 1. The smallest absolute Gasteiger partial charge is 0.0630 e. The zero-order chi connectivity index (χ0) is 8.97. The Hall–Kier alpha value is -0.120. The summed E-state index contributed by atoms with van der Waals surface area (Å²) in [6.07, 6.45) is 4.03. The molecular weight excluding hydrogens is 152 g/mol. The normalized spacial score (nSPS) is 21.0. The minimum Gasteiger partial charge on any atom is -0.383 e. The van der Waals surface area contributed by atoms with Crippen LogP contribution in [0.15, 0.2) is 0 Å². The first-order valence-corrected chi connectivity index (χ1v) is 4.70. The summed E-state index contributed by atoms with van der Waals surface area (Å²) in [7, 11) is 3.89. The number of rotatable bonds is 5. The van der Waals surface area contributed by atoms with Gasteiger partial charge in [0.25, 0.3) is 0 Å². The van der Waals surface area contributed by atoms with E-state index in [1.54, 1.807) is 7.11 Å². The van der Waals surface area contributed by atoms with E-state index in [0.29, 0.717) is 12.6 Å². The number of hydrogen-bond acceptors (Lipinski definition) is 3. The molecule has 1 saturated carbocycles. The fourth-order valence-electron chi connectivity index (χ4n) is 1.64. The third kappa shape index (κ3) is 2.19. The Balaban J connectivity index is 2.29. The Morgan fingerprint density at radius 2 is 2.25 bits per heavy atom. The van der Waals surface area contributed by atoms with Crippen LogP contribution in [0.3, 0.4) is 0 Å². The van der Waals surface area contributed by atoms with Crippen LogP contribution in [0.4, 0.5) is 0 Å². The van der Waals surface area contributed by atoms with Crippen molar-refractivity contribution in [1.82, 2.24) is 4.90 Å². The highest BCUT2D eigenvalue weighted by Crippen LogP contribution is 2.24. The highest BCUT2D eigenvalue weighted by molar-refractivity contribution is 4.82. The molecule has 0 amide bonds. The summed E-state index contributed by atoms with van der Waals surface area (Å²) in [4.78, 5) is 2.37. The second-order valence-corrected chi connectivity index (χ2v) is 3.60. The molecule has 1 aliphatic rings. The highest BCUT2D eigenvalue weighted by Gasteiger charge is 2.26. The molecule has 1 unspecified atom stereocenters. The summed E-state index contributed by atoms with van der Waals surface area (Å²) in [6.45, 7) is 1.45. The van der Waals surface area contributed by atoms with Crippen molar-refractivity contribution in [1.29, 1.82) is 0 Å². The van der Waals surface area contributed by atoms with Gasteiger partial charge >= 0.3 is 0 Å². The first-order valence-electron chi connectivity index (χ1n) is 4.70. The molecule has 0 aromatic heterocycles. The fourth-order valence-corrected chi connectivity index (χ4v) is 1.64. The summed E-state index contributed by atoms with van der Waals surface area (Å²) in [5.74, 6) is 0. The van der Waals surface area contributed by atoms with E-state index in [4.69, 9.17) is 10.5 Å². The predicted octanol–water partition coefficient (Wildman–Crippen LogP) is 0.444. The second kappa shape index (κ2) is 4.80. The van der Waals surface area contributed by atoms with Crippen LogP contribution in [0.1, 0.15) is 19.3 Å². The minimum absolute atomic E-state index is 0.403. The first kappa shape index (κ1) is 9.96. The van der Waals surface area contributed by atoms with Gasteiger partial charge in [-0.05, 0) is 19.9 Å². The molecule has 1 aliphatic carbocycles. The molecule has 0 aromatic carbocycles. The maximum atomic E-state index is 5.65. The van der Waals surface area contributed by atoms with E-state index in [-0.39, 0.29) is 0 Å². The van der Waals surface area contributed by atoms with E-state index in [9.17, 15) is 0 Å². The van der Waals surface area contributed by atoms with Gasteiger partial charge in [-0.1, -0.05) is 6.42 Å². The molecule has 1 fully saturated rings. The number of ether oxygens (including phenoxy) is 1. The Bertz CT molecular complexity index is 126. The topological polar surface area (TPSA) is 38.5 Å². The first-order chi connectivity index (χ1) is 5.79. The van der Waals surface area contributed by atoms with Crippen LogP contribution in [-0.4, -0.2) is 44.3 Å². The molecule has 0 aromatic rings. The van der Waals surface area contributed by atoms with Crippen LogP contribution in [0, 0.1) is 0 Å². The van der Waals surface area contributed by atoms with E-state index < -0.39 is 0 Å². The van der Waals surface area contributed by atoms with E-state index in [2.05, 4.69) is 11.9 Å². The number of likely N-dealkylation sites (N-methyl/N-ethyl adjacent to an activating group) is 1. The number of nitrogens with zero attached hydrogens (tertiary/aromatic N) is 1. The molecule has 0 radical (unpaired) electrons. The van der Waals surface area contributed by atoms with Gasteiger partial charge in [-0.25, -0.2) is 0 Å². The number of hydrogen-bond donors (Lipinski definition) is 1. The minimum atomic E-state index is 0.403. The number of nitrogens with two attached hydrogens (primary N) is 1. The lowest BCUT2D eigenvalue weighted by Crippen LogP contribution is -2.49. The van der Waals surface area contributed by atoms with Crippen LogP contribution in [0.2, 0.25) is 0 Å². The third-order valence-electron chi connectivity index (χ3n) is 2.86. The molecule has 72 valence electrons. The average molecular weight is 172 g/mol. The van der Waals surface area contributed by atoms with Crippen molar-refractivity contribution in [2.75, 3.05) is 27.3 Å². The van der Waals surface area contributed by atoms with Gasteiger partial charge < -0.3 is 10.5 Å². The monoisotopic (exact) mass is 172 g/mol. The standard InChI is InChI=1S/C9H20N2O/c1-11(8-4-3-5-8)9(6-10)7-12-2/h8-9H,3-7,10H2,1-2H3. The van der Waals surface area contributed by atoms with Crippen molar-refractivity contribution in [2.24, 2.45) is 5.73 Å². The van der Waals surface area contributed by atoms with Crippen molar-refractivity contribution in [3.05, 3.63) is 0 Å². The molecule has 12 heavy (non-hydrogen) atoms. The third-order valence-corrected chi connectivity index (χ3v) is 2.86. The Morgan fingerprint density at radius 1 is 1.58 bits per heavy atom. The summed E-state index contributed by atoms with van der Waals surface area (Å²) < 4.78 is 5.11. The molecule has 1 atom stereocenters. The second-order valence-electron chi connectivity index (χ2n) is 3.60. The van der Waals surface area contributed by atoms with E-state index in [1.165, 1.54) is 19.3 Å². The lowest BCUT2D eigenvalue weighted by atomic mass is 9.91. The quantitative estimate of drug-likeness (QED) is 0.654. The molecule has 0 bridgehead atoms. The fraction of sp³-hybridized carbons (Fsp3) is 1.00. The Labute approximate surface area is 74.9 Å².